The van der Waals surface area contributed by atoms with Crippen molar-refractivity contribution in [3.05, 3.63) is 58.8 Å². The number of nitrogens with two attached hydrogens (primary N) is 2. The lowest BCUT2D eigenvalue weighted by Crippen LogP contribution is -2.71. The highest BCUT2D eigenvalue weighted by molar-refractivity contribution is 8.00. The van der Waals surface area contributed by atoms with Crippen LogP contribution < -0.4 is 37.3 Å². The van der Waals surface area contributed by atoms with Gasteiger partial charge in [-0.25, -0.2) is 19.1 Å². The zero-order valence-electron chi connectivity index (χ0n) is 29.4. The fourth-order valence-electron chi connectivity index (χ4n) is 5.03. The Kier molecular flexibility index (Phi) is 12.1. The minimum Gasteiger partial charge on any atom is -0.478 e. The van der Waals surface area contributed by atoms with Gasteiger partial charge in [0.15, 0.2) is 16.5 Å². The molecular formula is C32H34N11O11S2+. The lowest BCUT2D eigenvalue weighted by Gasteiger charge is -2.49. The van der Waals surface area contributed by atoms with Crippen molar-refractivity contribution in [2.75, 3.05) is 35.6 Å². The maximum atomic E-state index is 13.3. The number of oxime groups is 1. The third-order valence-corrected chi connectivity index (χ3v) is 10.0. The number of nitrogens with one attached hydrogen (secondary N) is 4. The second-order valence-electron chi connectivity index (χ2n) is 12.5. The first-order valence-electron chi connectivity index (χ1n) is 16.3. The van der Waals surface area contributed by atoms with Crippen LogP contribution in [0.2, 0.25) is 0 Å². The standard InChI is InChI=1S/C32H33N11O11S2/c1-32(2,30(52)53)54-41-21(17-12-56-31(34)39-17)26(48)40-22-27(49)43-23(29(50)51)14(11-55-28(22)43)4-3-7-42-10-16(24(33)37-13-42)38-20(46)5-6-35-25(47)15-8-18(44)19(45)9-36-15/h3-4,8,10,12-13,22,28,33H,5-7,9,11H2,1-2H3,(H8,34,35,36,38,39,40,44,46,47,48,50,51,52,53)/p+1/b4-3+,41-21-/t22-,28-/m1/s1. The van der Waals surface area contributed by atoms with Gasteiger partial charge in [-0.2, -0.15) is 0 Å². The monoisotopic (exact) mass is 812 g/mol. The number of amides is 4. The molecule has 3 aliphatic rings. The number of rotatable bonds is 15. The van der Waals surface area contributed by atoms with E-state index in [1.165, 1.54) is 49.6 Å². The van der Waals surface area contributed by atoms with Crippen LogP contribution in [0.25, 0.3) is 0 Å². The largest absolute Gasteiger partial charge is 0.478 e. The van der Waals surface area contributed by atoms with Gasteiger partial charge in [0.05, 0.1) is 6.54 Å². The summed E-state index contributed by atoms with van der Waals surface area (Å²) in [6, 6.07) is -1.16. The van der Waals surface area contributed by atoms with E-state index in [0.29, 0.717) is 5.57 Å². The van der Waals surface area contributed by atoms with Crippen LogP contribution >= 0.6 is 23.1 Å². The number of carboxylic acid groups (broad SMARTS) is 2. The van der Waals surface area contributed by atoms with Gasteiger partial charge >= 0.3 is 11.9 Å². The predicted octanol–water partition coefficient (Wildman–Crippen LogP) is -2.36. The zero-order chi connectivity index (χ0) is 40.9. The molecule has 5 heterocycles. The van der Waals surface area contributed by atoms with Gasteiger partial charge in [0.1, 0.15) is 41.2 Å². The summed E-state index contributed by atoms with van der Waals surface area (Å²) in [7, 11) is 0. The predicted molar refractivity (Wildman–Crippen MR) is 196 cm³/mol. The van der Waals surface area contributed by atoms with E-state index in [2.05, 4.69) is 36.4 Å². The normalized spacial score (nSPS) is 18.4. The van der Waals surface area contributed by atoms with Gasteiger partial charge in [-0.15, -0.1) is 23.1 Å². The van der Waals surface area contributed by atoms with Gasteiger partial charge in [-0.3, -0.25) is 33.7 Å². The van der Waals surface area contributed by atoms with E-state index in [1.807, 2.05) is 0 Å². The summed E-state index contributed by atoms with van der Waals surface area (Å²) in [5.41, 5.74) is 9.43. The van der Waals surface area contributed by atoms with E-state index in [9.17, 15) is 48.6 Å². The first-order valence-corrected chi connectivity index (χ1v) is 18.2. The Morgan fingerprint density at radius 3 is 2.61 bits per heavy atom. The molecule has 294 valence electrons. The number of hydrogen-bond donors (Lipinski definition) is 8. The van der Waals surface area contributed by atoms with E-state index in [1.54, 1.807) is 10.6 Å². The molecule has 3 aliphatic heterocycles. The number of fused-ring (bicyclic) bond motifs is 1. The molecule has 0 bridgehead atoms. The van der Waals surface area contributed by atoms with Crippen molar-refractivity contribution in [1.29, 1.82) is 0 Å². The Labute approximate surface area is 324 Å². The van der Waals surface area contributed by atoms with Gasteiger partial charge < -0.3 is 47.8 Å². The Morgan fingerprint density at radius 1 is 1.20 bits per heavy atom. The van der Waals surface area contributed by atoms with Crippen LogP contribution in [0.3, 0.4) is 0 Å². The smallest absolute Gasteiger partial charge is 0.352 e. The number of thioether (sulfide) groups is 1. The third kappa shape index (κ3) is 9.15. The van der Waals surface area contributed by atoms with Crippen molar-refractivity contribution >= 4 is 92.6 Å². The van der Waals surface area contributed by atoms with E-state index in [-0.39, 0.29) is 65.5 Å². The molecule has 0 saturated carbocycles. The number of ketones is 2. The molecule has 0 aliphatic carbocycles. The molecule has 0 unspecified atom stereocenters. The minimum atomic E-state index is -1.81. The molecule has 2 atom stereocenters. The molecule has 56 heavy (non-hydrogen) atoms. The van der Waals surface area contributed by atoms with Gasteiger partial charge in [0, 0.05) is 30.2 Å². The summed E-state index contributed by atoms with van der Waals surface area (Å²) in [5.74, 6) is -6.89. The molecule has 5 rings (SSSR count). The number of nitrogens with zero attached hydrogens (tertiary/aromatic N) is 5. The number of aromatic nitrogens is 3. The maximum Gasteiger partial charge on any atom is 0.352 e. The Hall–Kier alpha value is -6.69. The highest BCUT2D eigenvalue weighted by Crippen LogP contribution is 2.40. The van der Waals surface area contributed by atoms with Crippen LogP contribution in [0.1, 0.15) is 26.0 Å². The lowest BCUT2D eigenvalue weighted by atomic mass is 10.0. The Morgan fingerprint density at radius 2 is 1.95 bits per heavy atom. The quantitative estimate of drug-likeness (QED) is 0.0307. The van der Waals surface area contributed by atoms with Crippen molar-refractivity contribution in [3.8, 4) is 0 Å². The molecule has 2 aromatic rings. The summed E-state index contributed by atoms with van der Waals surface area (Å²) in [6.45, 7) is 2.17. The highest BCUT2D eigenvalue weighted by Gasteiger charge is 2.54. The minimum absolute atomic E-state index is 0.00313. The molecule has 0 radical (unpaired) electrons. The second kappa shape index (κ2) is 16.8. The third-order valence-electron chi connectivity index (χ3n) is 8.04. The van der Waals surface area contributed by atoms with Crippen LogP contribution in [-0.2, 0) is 49.7 Å². The molecule has 1 fully saturated rings. The highest BCUT2D eigenvalue weighted by atomic mass is 32.2. The van der Waals surface area contributed by atoms with E-state index >= 15 is 0 Å². The van der Waals surface area contributed by atoms with Crippen LogP contribution in [-0.4, -0.2) is 114 Å². The number of aliphatic carboxylic acids is 2. The lowest BCUT2D eigenvalue weighted by molar-refractivity contribution is -0.689. The van der Waals surface area contributed by atoms with Crippen molar-refractivity contribution in [3.63, 3.8) is 0 Å². The Bertz CT molecular complexity index is 2160. The zero-order valence-corrected chi connectivity index (χ0v) is 31.1. The van der Waals surface area contributed by atoms with Gasteiger partial charge in [0.2, 0.25) is 23.1 Å². The summed E-state index contributed by atoms with van der Waals surface area (Å²) in [5, 5.41) is 34.0. The molecule has 10 N–H and O–H groups in total. The number of carboxylic acids is 2. The first-order chi connectivity index (χ1) is 26.5. The molecule has 2 aromatic heterocycles. The van der Waals surface area contributed by atoms with Gasteiger partial charge in [-0.05, 0) is 30.5 Å². The van der Waals surface area contributed by atoms with Crippen LogP contribution in [0.15, 0.2) is 58.3 Å². The number of allylic oxidation sites excluding steroid dienone is 3. The summed E-state index contributed by atoms with van der Waals surface area (Å²) >= 11 is 2.18. The van der Waals surface area contributed by atoms with E-state index in [0.717, 1.165) is 22.3 Å². The molecule has 1 saturated heterocycles. The maximum absolute atomic E-state index is 13.3. The number of β-lactam (4-membered cyclic amide) rings is 1. The van der Waals surface area contributed by atoms with Crippen LogP contribution in [0, 0.1) is 0 Å². The summed E-state index contributed by atoms with van der Waals surface area (Å²) < 4.78 is 1.54. The average Bonchev–Trinajstić information content (AvgIpc) is 3.57. The van der Waals surface area contributed by atoms with Crippen molar-refractivity contribution in [1.82, 2.24) is 30.8 Å². The van der Waals surface area contributed by atoms with Crippen molar-refractivity contribution in [2.45, 2.75) is 43.8 Å². The molecule has 22 nitrogen and oxygen atoms in total. The summed E-state index contributed by atoms with van der Waals surface area (Å²) in [4.78, 5) is 112. The second-order valence-corrected chi connectivity index (χ2v) is 14.5. The number of nitrogen functional groups attached to an aromatic ring is 2. The number of thiazole rings is 1. The summed E-state index contributed by atoms with van der Waals surface area (Å²) in [6.07, 6.45) is 6.71. The van der Waals surface area contributed by atoms with Crippen molar-refractivity contribution in [2.24, 2.45) is 5.16 Å². The molecule has 0 spiro atoms. The van der Waals surface area contributed by atoms with E-state index in [4.69, 9.17) is 16.3 Å². The van der Waals surface area contributed by atoms with Crippen LogP contribution in [0.5, 0.6) is 0 Å². The van der Waals surface area contributed by atoms with E-state index < -0.39 is 69.9 Å². The fourth-order valence-corrected chi connectivity index (χ4v) is 6.90. The number of hydrogen-bond acceptors (Lipinski definition) is 17. The SMILES string of the molecule is CC(C)(O/N=C(\C(=O)N[C@@H]1C(=O)N2C(C(=O)O)=C(/C=C/C[n+]3cnc(N)c(NC(=O)CCNC(=O)C4=CC(=O)C(=O)CN4)c3)CS[C@H]12)c1csc(N)n1)C(=O)O. The van der Waals surface area contributed by atoms with Gasteiger partial charge in [-0.1, -0.05) is 11.2 Å². The number of anilines is 3. The molecule has 24 heteroatoms. The number of carbonyl (C=O) groups is 8. The van der Waals surface area contributed by atoms with Crippen molar-refractivity contribution < 1.29 is 58.0 Å². The molecule has 4 amide bonds. The average molecular weight is 813 g/mol. The van der Waals surface area contributed by atoms with Crippen LogP contribution in [0.4, 0.5) is 16.6 Å². The number of Topliss-reactive ketones (excluding diaryl/α,β-unsaturated/α-hetero) is 1. The number of carbonyl (C=O) groups excluding carboxylic acids is 6. The van der Waals surface area contributed by atoms with Gasteiger partial charge in [0.25, 0.3) is 29.9 Å². The fraction of sp³-hybridized carbons (Fsp3) is 0.312. The molecule has 0 aromatic carbocycles. The first kappa shape index (κ1) is 40.5. The molecular weight excluding hydrogens is 779 g/mol. The topological polar surface area (TPSA) is 332 Å². The Balaban J connectivity index is 1.20.